The van der Waals surface area contributed by atoms with E-state index in [1.165, 1.54) is 11.3 Å². The molecule has 0 amide bonds. The van der Waals surface area contributed by atoms with Crippen LogP contribution >= 0.6 is 0 Å². The van der Waals surface area contributed by atoms with Gasteiger partial charge in [0.2, 0.25) is 0 Å². The van der Waals surface area contributed by atoms with Crippen molar-refractivity contribution in [3.8, 4) is 0 Å². The predicted octanol–water partition coefficient (Wildman–Crippen LogP) is 6.82. The largest absolute Gasteiger partial charge is 0.364 e. The van der Waals surface area contributed by atoms with Crippen molar-refractivity contribution < 1.29 is 0 Å². The maximum absolute atomic E-state index is 3.94. The fourth-order valence-corrected chi connectivity index (χ4v) is 2.58. The maximum atomic E-state index is 3.94. The van der Waals surface area contributed by atoms with Gasteiger partial charge in [-0.15, -0.1) is 0 Å². The number of likely N-dealkylation sites (N-methyl/N-ethyl adjacent to an activating group) is 1. The molecule has 0 bridgehead atoms. The number of allylic oxidation sites excluding steroid dienone is 8. The van der Waals surface area contributed by atoms with Crippen LogP contribution in [0.5, 0.6) is 0 Å². The minimum absolute atomic E-state index is 0.370. The first kappa shape index (κ1) is 27.4. The minimum Gasteiger partial charge on any atom is -0.364 e. The number of rotatable bonds is 8. The quantitative estimate of drug-likeness (QED) is 0.371. The second-order valence-electron chi connectivity index (χ2n) is 5.92. The standard InChI is InChI=1S/C18H28N2.C5H10.C2H6/c1-5-7-8-9-12-18-13-10-11-17(6-2)16(3)20(18)15-14-19-4;1-3-5-4-2;1-2/h6-9,11-13,16,19H,2,5,10,14-15H2,1,3-4H3;3,5H,4H2,1-2H3;1-2H3/b8-7-,12-9-;5-3-;. The molecule has 27 heavy (non-hydrogen) atoms. The molecule has 1 atom stereocenters. The molecule has 0 aromatic carbocycles. The van der Waals surface area contributed by atoms with Crippen molar-refractivity contribution >= 4 is 0 Å². The van der Waals surface area contributed by atoms with E-state index in [0.29, 0.717) is 6.04 Å². The van der Waals surface area contributed by atoms with E-state index in [4.69, 9.17) is 0 Å². The third kappa shape index (κ3) is 13.1. The van der Waals surface area contributed by atoms with E-state index in [9.17, 15) is 0 Å². The molecular formula is C25H44N2. The van der Waals surface area contributed by atoms with Crippen LogP contribution in [0.1, 0.15) is 60.8 Å². The molecule has 1 rings (SSSR count). The molecule has 0 spiro atoms. The van der Waals surface area contributed by atoms with Gasteiger partial charge >= 0.3 is 0 Å². The summed E-state index contributed by atoms with van der Waals surface area (Å²) in [6.45, 7) is 18.5. The Kier molecular flexibility index (Phi) is 20.8. The summed E-state index contributed by atoms with van der Waals surface area (Å²) in [5.41, 5.74) is 2.60. The van der Waals surface area contributed by atoms with Crippen LogP contribution < -0.4 is 5.32 Å². The van der Waals surface area contributed by atoms with Gasteiger partial charge in [-0.3, -0.25) is 0 Å². The summed E-state index contributed by atoms with van der Waals surface area (Å²) in [7, 11) is 2.00. The highest BCUT2D eigenvalue weighted by molar-refractivity contribution is 5.32. The van der Waals surface area contributed by atoms with Crippen LogP contribution in [-0.4, -0.2) is 31.1 Å². The van der Waals surface area contributed by atoms with Crippen LogP contribution in [-0.2, 0) is 0 Å². The lowest BCUT2D eigenvalue weighted by Crippen LogP contribution is -2.37. The Morgan fingerprint density at radius 2 is 1.81 bits per heavy atom. The highest BCUT2D eigenvalue weighted by Crippen LogP contribution is 2.22. The van der Waals surface area contributed by atoms with Gasteiger partial charge in [0, 0.05) is 18.8 Å². The first-order valence-electron chi connectivity index (χ1n) is 10.5. The molecule has 0 aromatic rings. The minimum atomic E-state index is 0.370. The van der Waals surface area contributed by atoms with Gasteiger partial charge in [0.1, 0.15) is 0 Å². The predicted molar refractivity (Wildman–Crippen MR) is 126 cm³/mol. The van der Waals surface area contributed by atoms with E-state index in [1.807, 2.05) is 33.9 Å². The van der Waals surface area contributed by atoms with Gasteiger partial charge in [0.05, 0.1) is 6.04 Å². The Hall–Kier alpha value is -1.80. The van der Waals surface area contributed by atoms with E-state index < -0.39 is 0 Å². The second kappa shape index (κ2) is 20.5. The van der Waals surface area contributed by atoms with Gasteiger partial charge in [-0.1, -0.05) is 82.9 Å². The van der Waals surface area contributed by atoms with Gasteiger partial charge in [-0.05, 0) is 51.8 Å². The van der Waals surface area contributed by atoms with Crippen LogP contribution in [0.2, 0.25) is 0 Å². The average molecular weight is 373 g/mol. The molecule has 154 valence electrons. The van der Waals surface area contributed by atoms with Crippen molar-refractivity contribution in [2.24, 2.45) is 0 Å². The molecule has 0 saturated carbocycles. The van der Waals surface area contributed by atoms with Gasteiger partial charge in [0.15, 0.2) is 0 Å². The zero-order valence-electron chi connectivity index (χ0n) is 19.0. The summed E-state index contributed by atoms with van der Waals surface area (Å²) in [5.74, 6) is 0. The van der Waals surface area contributed by atoms with Crippen molar-refractivity contribution in [1.82, 2.24) is 10.2 Å². The maximum Gasteiger partial charge on any atom is 0.0511 e. The van der Waals surface area contributed by atoms with Gasteiger partial charge in [0.25, 0.3) is 0 Å². The molecule has 2 nitrogen and oxygen atoms in total. The number of hydrogen-bond donors (Lipinski definition) is 1. The van der Waals surface area contributed by atoms with Crippen LogP contribution in [0.3, 0.4) is 0 Å². The van der Waals surface area contributed by atoms with Crippen molar-refractivity contribution in [1.29, 1.82) is 0 Å². The number of hydrogen-bond acceptors (Lipinski definition) is 2. The lowest BCUT2D eigenvalue weighted by molar-refractivity contribution is 0.311. The second-order valence-corrected chi connectivity index (χ2v) is 5.92. The molecule has 0 aromatic heterocycles. The van der Waals surface area contributed by atoms with E-state index >= 15 is 0 Å². The van der Waals surface area contributed by atoms with Crippen LogP contribution in [0.4, 0.5) is 0 Å². The summed E-state index contributed by atoms with van der Waals surface area (Å²) >= 11 is 0. The Balaban J connectivity index is 0. The molecule has 1 unspecified atom stereocenters. The highest BCUT2D eigenvalue weighted by Gasteiger charge is 2.18. The smallest absolute Gasteiger partial charge is 0.0511 e. The Labute approximate surface area is 170 Å². The van der Waals surface area contributed by atoms with Crippen LogP contribution in [0.25, 0.3) is 0 Å². The lowest BCUT2D eigenvalue weighted by Gasteiger charge is -2.32. The Bertz CT molecular complexity index is 492. The van der Waals surface area contributed by atoms with Gasteiger partial charge in [-0.2, -0.15) is 0 Å². The fourth-order valence-electron chi connectivity index (χ4n) is 2.58. The van der Waals surface area contributed by atoms with Gasteiger partial charge < -0.3 is 10.2 Å². The first-order valence-corrected chi connectivity index (χ1v) is 10.5. The normalized spacial score (nSPS) is 17.0. The summed E-state index contributed by atoms with van der Waals surface area (Å²) in [6.07, 6.45) is 22.6. The summed E-state index contributed by atoms with van der Waals surface area (Å²) in [4.78, 5) is 2.44. The topological polar surface area (TPSA) is 15.3 Å². The molecular weight excluding hydrogens is 328 g/mol. The van der Waals surface area contributed by atoms with Crippen molar-refractivity contribution in [2.75, 3.05) is 20.1 Å². The van der Waals surface area contributed by atoms with Crippen LogP contribution in [0.15, 0.2) is 72.5 Å². The van der Waals surface area contributed by atoms with Crippen molar-refractivity contribution in [3.63, 3.8) is 0 Å². The molecule has 1 N–H and O–H groups in total. The number of nitrogens with one attached hydrogen (secondary N) is 1. The number of nitrogens with zero attached hydrogens (tertiary/aromatic N) is 1. The molecule has 1 aliphatic rings. The molecule has 1 heterocycles. The van der Waals surface area contributed by atoms with E-state index in [2.05, 4.69) is 86.2 Å². The summed E-state index contributed by atoms with van der Waals surface area (Å²) in [6, 6.07) is 0.370. The zero-order chi connectivity index (χ0) is 20.9. The lowest BCUT2D eigenvalue weighted by atomic mass is 10.1. The molecule has 2 heteroatoms. The Morgan fingerprint density at radius 3 is 2.30 bits per heavy atom. The third-order valence-corrected chi connectivity index (χ3v) is 4.02. The monoisotopic (exact) mass is 372 g/mol. The van der Waals surface area contributed by atoms with E-state index in [1.54, 1.807) is 0 Å². The van der Waals surface area contributed by atoms with Crippen LogP contribution in [0, 0.1) is 0 Å². The summed E-state index contributed by atoms with van der Waals surface area (Å²) in [5, 5.41) is 3.23. The molecule has 0 aliphatic carbocycles. The summed E-state index contributed by atoms with van der Waals surface area (Å²) < 4.78 is 0. The molecule has 0 saturated heterocycles. The van der Waals surface area contributed by atoms with E-state index in [-0.39, 0.29) is 0 Å². The van der Waals surface area contributed by atoms with Crippen molar-refractivity contribution in [3.05, 3.63) is 72.5 Å². The van der Waals surface area contributed by atoms with Gasteiger partial charge in [-0.25, -0.2) is 0 Å². The molecule has 0 radical (unpaired) electrons. The molecule has 0 fully saturated rings. The van der Waals surface area contributed by atoms with Crippen molar-refractivity contribution in [2.45, 2.75) is 66.8 Å². The fraction of sp³-hybridized carbons (Fsp3) is 0.520. The van der Waals surface area contributed by atoms with E-state index in [0.717, 1.165) is 32.4 Å². The average Bonchev–Trinajstić information content (AvgIpc) is 2.84. The third-order valence-electron chi connectivity index (χ3n) is 4.02. The Morgan fingerprint density at radius 1 is 1.15 bits per heavy atom. The highest BCUT2D eigenvalue weighted by atomic mass is 15.2. The first-order chi connectivity index (χ1) is 13.2. The molecule has 1 aliphatic heterocycles. The SMILES string of the molecule is C/C=C\CC.C=CC1=CCC=C(/C=C\C=C/CC)N(CCNC)C1C.CC. The zero-order valence-corrected chi connectivity index (χ0v) is 19.0.